The number of hydrogen-bond donors (Lipinski definition) is 0. The van der Waals surface area contributed by atoms with Crippen LogP contribution in [0.2, 0.25) is 0 Å². The summed E-state index contributed by atoms with van der Waals surface area (Å²) >= 11 is 0. The summed E-state index contributed by atoms with van der Waals surface area (Å²) in [5.41, 5.74) is 12.9. The molecule has 2 aliphatic rings. The van der Waals surface area contributed by atoms with Crippen LogP contribution in [0.3, 0.4) is 0 Å². The van der Waals surface area contributed by atoms with Crippen LogP contribution in [-0.2, 0) is 10.8 Å². The number of para-hydroxylation sites is 4. The minimum Gasteiger partial charge on any atom is -0.309 e. The maximum atomic E-state index is 2.53. The summed E-state index contributed by atoms with van der Waals surface area (Å²) < 4.78 is 2.47. The minimum absolute atomic E-state index is 0.145. The third-order valence-corrected chi connectivity index (χ3v) is 9.14. The summed E-state index contributed by atoms with van der Waals surface area (Å²) in [6.07, 6.45) is 0. The van der Waals surface area contributed by atoms with Gasteiger partial charge in [0.2, 0.25) is 0 Å². The largest absolute Gasteiger partial charge is 0.309 e. The predicted molar refractivity (Wildman–Crippen MR) is 160 cm³/mol. The van der Waals surface area contributed by atoms with Gasteiger partial charge in [0.15, 0.2) is 0 Å². The van der Waals surface area contributed by atoms with E-state index in [-0.39, 0.29) is 10.8 Å². The molecule has 184 valence electrons. The number of fused-ring (bicyclic) bond motifs is 7. The van der Waals surface area contributed by atoms with Gasteiger partial charge in [0.05, 0.1) is 28.1 Å². The van der Waals surface area contributed by atoms with Gasteiger partial charge < -0.3 is 9.47 Å². The average molecular weight is 491 g/mol. The number of rotatable bonds is 1. The first-order chi connectivity index (χ1) is 18.4. The van der Waals surface area contributed by atoms with Crippen molar-refractivity contribution in [1.82, 2.24) is 4.57 Å². The molecule has 38 heavy (non-hydrogen) atoms. The lowest BCUT2D eigenvalue weighted by Gasteiger charge is -2.49. The van der Waals surface area contributed by atoms with Gasteiger partial charge in [-0.15, -0.1) is 0 Å². The second kappa shape index (κ2) is 7.17. The molecule has 8 rings (SSSR count). The third-order valence-electron chi connectivity index (χ3n) is 9.14. The van der Waals surface area contributed by atoms with Crippen molar-refractivity contribution in [1.29, 1.82) is 0 Å². The topological polar surface area (TPSA) is 8.17 Å². The second-order valence-corrected chi connectivity index (χ2v) is 11.9. The highest BCUT2D eigenvalue weighted by atomic mass is 15.2. The fourth-order valence-electron chi connectivity index (χ4n) is 7.20. The molecular weight excluding hydrogens is 460 g/mol. The number of benzene rings is 5. The monoisotopic (exact) mass is 490 g/mol. The van der Waals surface area contributed by atoms with Crippen molar-refractivity contribution in [2.24, 2.45) is 0 Å². The molecule has 1 aromatic heterocycles. The van der Waals surface area contributed by atoms with Crippen molar-refractivity contribution in [2.45, 2.75) is 38.5 Å². The van der Waals surface area contributed by atoms with E-state index >= 15 is 0 Å². The average Bonchev–Trinajstić information content (AvgIpc) is 3.27. The number of aromatic nitrogens is 1. The van der Waals surface area contributed by atoms with Crippen LogP contribution in [0.25, 0.3) is 27.5 Å². The molecule has 0 bridgehead atoms. The Balaban J connectivity index is 1.54. The van der Waals surface area contributed by atoms with Gasteiger partial charge in [-0.3, -0.25) is 0 Å². The molecule has 2 heteroatoms. The fourth-order valence-corrected chi connectivity index (χ4v) is 7.20. The molecule has 0 spiro atoms. The normalized spacial score (nSPS) is 16.3. The van der Waals surface area contributed by atoms with Gasteiger partial charge in [-0.25, -0.2) is 0 Å². The molecule has 5 aromatic carbocycles. The van der Waals surface area contributed by atoms with Gasteiger partial charge in [-0.1, -0.05) is 100 Å². The zero-order valence-corrected chi connectivity index (χ0v) is 22.3. The van der Waals surface area contributed by atoms with Crippen molar-refractivity contribution in [2.75, 3.05) is 4.90 Å². The summed E-state index contributed by atoms with van der Waals surface area (Å²) in [7, 11) is 0. The Morgan fingerprint density at radius 2 is 0.895 bits per heavy atom. The maximum absolute atomic E-state index is 2.53. The molecule has 0 amide bonds. The van der Waals surface area contributed by atoms with Gasteiger partial charge in [0.25, 0.3) is 0 Å². The van der Waals surface area contributed by atoms with Crippen molar-refractivity contribution in [3.8, 4) is 5.69 Å². The molecule has 3 heterocycles. The minimum atomic E-state index is -0.145. The van der Waals surface area contributed by atoms with Gasteiger partial charge in [-0.05, 0) is 58.7 Å². The van der Waals surface area contributed by atoms with Crippen LogP contribution < -0.4 is 4.90 Å². The van der Waals surface area contributed by atoms with E-state index < -0.39 is 0 Å². The highest BCUT2D eigenvalue weighted by molar-refractivity contribution is 6.09. The van der Waals surface area contributed by atoms with E-state index in [1.54, 1.807) is 0 Å². The van der Waals surface area contributed by atoms with Gasteiger partial charge in [-0.2, -0.15) is 0 Å². The first-order valence-corrected chi connectivity index (χ1v) is 13.6. The molecule has 0 unspecified atom stereocenters. The molecule has 2 nitrogen and oxygen atoms in total. The Labute approximate surface area is 223 Å². The van der Waals surface area contributed by atoms with Crippen LogP contribution in [0.4, 0.5) is 17.1 Å². The molecule has 0 aliphatic carbocycles. The first kappa shape index (κ1) is 21.8. The van der Waals surface area contributed by atoms with Crippen molar-refractivity contribution in [3.63, 3.8) is 0 Å². The van der Waals surface area contributed by atoms with E-state index in [9.17, 15) is 0 Å². The van der Waals surface area contributed by atoms with Crippen LogP contribution in [0, 0.1) is 0 Å². The second-order valence-electron chi connectivity index (χ2n) is 11.9. The van der Waals surface area contributed by atoms with Crippen LogP contribution in [-0.4, -0.2) is 4.57 Å². The van der Waals surface area contributed by atoms with E-state index in [1.165, 1.54) is 66.8 Å². The number of hydrogen-bond acceptors (Lipinski definition) is 1. The fraction of sp³-hybridized carbons (Fsp3) is 0.167. The van der Waals surface area contributed by atoms with Gasteiger partial charge in [0.1, 0.15) is 0 Å². The lowest BCUT2D eigenvalue weighted by molar-refractivity contribution is 0.596. The first-order valence-electron chi connectivity index (χ1n) is 13.6. The van der Waals surface area contributed by atoms with E-state index in [0.717, 1.165) is 0 Å². The summed E-state index contributed by atoms with van der Waals surface area (Å²) in [6.45, 7) is 9.56. The van der Waals surface area contributed by atoms with Crippen molar-refractivity contribution >= 4 is 38.9 Å². The molecule has 6 aromatic rings. The summed E-state index contributed by atoms with van der Waals surface area (Å²) in [6, 6.07) is 40.5. The standard InChI is InChI=1S/C36H30N2/c1-35(2)26-15-7-11-19-32(26)38-33-20-12-8-16-27(33)36(3,4)29-22-23(21-28(35)34(29)38)37-30-17-9-5-13-24(30)25-14-6-10-18-31(25)37/h5-22H,1-4H3. The van der Waals surface area contributed by atoms with Crippen LogP contribution >= 0.6 is 0 Å². The molecule has 0 saturated heterocycles. The Bertz CT molecular complexity index is 1800. The van der Waals surface area contributed by atoms with Crippen LogP contribution in [0.15, 0.2) is 109 Å². The van der Waals surface area contributed by atoms with Crippen molar-refractivity contribution < 1.29 is 0 Å². The Morgan fingerprint density at radius 1 is 0.474 bits per heavy atom. The lowest BCUT2D eigenvalue weighted by atomic mass is 9.66. The van der Waals surface area contributed by atoms with Crippen LogP contribution in [0.1, 0.15) is 49.9 Å². The van der Waals surface area contributed by atoms with E-state index in [0.29, 0.717) is 0 Å². The van der Waals surface area contributed by atoms with Gasteiger partial charge in [0, 0.05) is 27.3 Å². The lowest BCUT2D eigenvalue weighted by Crippen LogP contribution is -2.38. The van der Waals surface area contributed by atoms with E-state index in [1.807, 2.05) is 0 Å². The summed E-state index contributed by atoms with van der Waals surface area (Å²) in [5, 5.41) is 2.59. The Hall–Kier alpha value is -4.30. The third kappa shape index (κ3) is 2.58. The molecule has 0 fully saturated rings. The maximum Gasteiger partial charge on any atom is 0.0545 e. The molecule has 0 radical (unpaired) electrons. The van der Waals surface area contributed by atoms with Crippen LogP contribution in [0.5, 0.6) is 0 Å². The number of anilines is 3. The highest BCUT2D eigenvalue weighted by Gasteiger charge is 2.45. The SMILES string of the molecule is CC1(C)c2ccccc2N2c3ccccc3C(C)(C)c3cc(-n4c5ccccc5c5ccccc54)cc1c32. The summed E-state index contributed by atoms with van der Waals surface area (Å²) in [4.78, 5) is 2.53. The molecular formula is C36H30N2. The quantitative estimate of drug-likeness (QED) is 0.223. The highest BCUT2D eigenvalue weighted by Crippen LogP contribution is 2.60. The molecule has 0 N–H and O–H groups in total. The molecule has 0 saturated carbocycles. The Kier molecular flexibility index (Phi) is 4.10. The van der Waals surface area contributed by atoms with E-state index in [2.05, 4.69) is 146 Å². The molecule has 2 aliphatic heterocycles. The van der Waals surface area contributed by atoms with Crippen molar-refractivity contribution in [3.05, 3.63) is 131 Å². The Morgan fingerprint density at radius 3 is 1.39 bits per heavy atom. The smallest absolute Gasteiger partial charge is 0.0545 e. The number of nitrogens with zero attached hydrogens (tertiary/aromatic N) is 2. The molecule has 0 atom stereocenters. The predicted octanol–water partition coefficient (Wildman–Crippen LogP) is 9.53. The zero-order valence-electron chi connectivity index (χ0n) is 22.3. The van der Waals surface area contributed by atoms with E-state index in [4.69, 9.17) is 0 Å². The van der Waals surface area contributed by atoms with Gasteiger partial charge >= 0.3 is 0 Å². The summed E-state index contributed by atoms with van der Waals surface area (Å²) in [5.74, 6) is 0. The zero-order chi connectivity index (χ0) is 25.8.